The number of fused-ring (bicyclic) bond motifs is 1. The Kier molecular flexibility index (Phi) is 2.57. The number of hydrogen-bond donors (Lipinski definition) is 1. The Balaban J connectivity index is 2.62. The molecule has 4 nitrogen and oxygen atoms in total. The van der Waals surface area contributed by atoms with Crippen LogP contribution < -0.4 is 5.32 Å². The van der Waals surface area contributed by atoms with E-state index in [1.165, 1.54) is 0 Å². The minimum atomic E-state index is -0.995. The van der Waals surface area contributed by atoms with E-state index in [2.05, 4.69) is 5.32 Å². The van der Waals surface area contributed by atoms with Crippen LogP contribution in [0.25, 0.3) is 0 Å². The number of amides is 1. The highest BCUT2D eigenvalue weighted by molar-refractivity contribution is 6.06. The second kappa shape index (κ2) is 3.92. The number of nitrogens with zero attached hydrogens (tertiary/aromatic N) is 2. The van der Waals surface area contributed by atoms with Gasteiger partial charge in [-0.15, -0.1) is 0 Å². The average molecular weight is 225 g/mol. The fourth-order valence-corrected chi connectivity index (χ4v) is 2.21. The van der Waals surface area contributed by atoms with Gasteiger partial charge in [0.15, 0.2) is 0 Å². The summed E-state index contributed by atoms with van der Waals surface area (Å²) in [5.74, 6) is -0.249. The van der Waals surface area contributed by atoms with Crippen molar-refractivity contribution >= 4 is 11.6 Å². The third-order valence-electron chi connectivity index (χ3n) is 3.14. The molecule has 1 N–H and O–H groups in total. The number of aryl methyl sites for hydroxylation is 1. The summed E-state index contributed by atoms with van der Waals surface area (Å²) in [7, 11) is 0. The summed E-state index contributed by atoms with van der Waals surface area (Å²) in [5.41, 5.74) is 1.50. The van der Waals surface area contributed by atoms with Crippen molar-refractivity contribution in [1.82, 2.24) is 0 Å². The molecule has 1 heterocycles. The predicted octanol–water partition coefficient (Wildman–Crippen LogP) is 2.01. The largest absolute Gasteiger partial charge is 0.325 e. The van der Waals surface area contributed by atoms with Crippen LogP contribution in [-0.2, 0) is 10.2 Å². The van der Waals surface area contributed by atoms with Crippen molar-refractivity contribution in [2.75, 3.05) is 5.32 Å². The molecule has 0 bridgehead atoms. The Bertz CT molecular complexity index is 547. The number of carbonyl (C=O) groups is 1. The van der Waals surface area contributed by atoms with Crippen LogP contribution in [0.2, 0.25) is 0 Å². The highest BCUT2D eigenvalue weighted by atomic mass is 16.2. The van der Waals surface area contributed by atoms with E-state index >= 15 is 0 Å². The first-order chi connectivity index (χ1) is 8.14. The third kappa shape index (κ3) is 1.55. The van der Waals surface area contributed by atoms with Crippen LogP contribution in [0, 0.1) is 29.6 Å². The Hall–Kier alpha value is -2.33. The monoisotopic (exact) mass is 225 g/mol. The normalized spacial score (nSPS) is 15.6. The van der Waals surface area contributed by atoms with Gasteiger partial charge in [-0.05, 0) is 18.6 Å². The van der Waals surface area contributed by atoms with Crippen molar-refractivity contribution in [2.24, 2.45) is 0 Å². The first-order valence-corrected chi connectivity index (χ1v) is 5.30. The molecule has 0 saturated heterocycles. The molecule has 0 saturated carbocycles. The van der Waals surface area contributed by atoms with E-state index in [-0.39, 0.29) is 18.7 Å². The van der Waals surface area contributed by atoms with Gasteiger partial charge < -0.3 is 5.32 Å². The van der Waals surface area contributed by atoms with Gasteiger partial charge in [0.25, 0.3) is 0 Å². The fourth-order valence-electron chi connectivity index (χ4n) is 2.21. The van der Waals surface area contributed by atoms with Gasteiger partial charge >= 0.3 is 0 Å². The smallest absolute Gasteiger partial charge is 0.237 e. The van der Waals surface area contributed by atoms with Crippen molar-refractivity contribution in [2.45, 2.75) is 25.2 Å². The molecule has 0 fully saturated rings. The Morgan fingerprint density at radius 2 is 1.94 bits per heavy atom. The lowest BCUT2D eigenvalue weighted by molar-refractivity contribution is -0.120. The van der Waals surface area contributed by atoms with E-state index in [4.69, 9.17) is 10.5 Å². The molecule has 0 radical (unpaired) electrons. The van der Waals surface area contributed by atoms with Gasteiger partial charge in [0.2, 0.25) is 5.91 Å². The zero-order chi connectivity index (χ0) is 12.5. The van der Waals surface area contributed by atoms with Crippen molar-refractivity contribution < 1.29 is 4.79 Å². The summed E-state index contributed by atoms with van der Waals surface area (Å²) in [5, 5.41) is 20.5. The van der Waals surface area contributed by atoms with E-state index < -0.39 is 5.41 Å². The number of nitriles is 2. The number of rotatable bonds is 2. The number of anilines is 1. The van der Waals surface area contributed by atoms with Crippen molar-refractivity contribution in [3.8, 4) is 12.1 Å². The molecule has 0 aromatic heterocycles. The summed E-state index contributed by atoms with van der Waals surface area (Å²) in [6.45, 7) is 1.92. The minimum Gasteiger partial charge on any atom is -0.325 e. The summed E-state index contributed by atoms with van der Waals surface area (Å²) < 4.78 is 0. The van der Waals surface area contributed by atoms with Crippen LogP contribution in [-0.4, -0.2) is 5.91 Å². The molecule has 1 amide bonds. The number of hydrogen-bond acceptors (Lipinski definition) is 3. The minimum absolute atomic E-state index is 0.0306. The Labute approximate surface area is 99.5 Å². The van der Waals surface area contributed by atoms with E-state index in [1.54, 1.807) is 0 Å². The molecule has 0 atom stereocenters. The summed E-state index contributed by atoms with van der Waals surface area (Å²) in [6.07, 6.45) is 0.0612. The topological polar surface area (TPSA) is 76.7 Å². The average Bonchev–Trinajstić information content (AvgIpc) is 2.54. The van der Waals surface area contributed by atoms with Crippen LogP contribution in [0.15, 0.2) is 18.2 Å². The van der Waals surface area contributed by atoms with Gasteiger partial charge in [-0.2, -0.15) is 10.5 Å². The molecule has 1 aliphatic rings. The number of benzene rings is 1. The van der Waals surface area contributed by atoms with Crippen molar-refractivity contribution in [3.63, 3.8) is 0 Å². The highest BCUT2D eigenvalue weighted by Crippen LogP contribution is 2.42. The SMILES string of the molecule is Cc1ccc2c(c1)C(CC#N)(CC#N)C(=O)N2. The molecular weight excluding hydrogens is 214 g/mol. The standard InChI is InChI=1S/C13H11N3O/c1-9-2-3-11-10(8-9)13(4-6-14,5-7-15)12(17)16-11/h2-3,8H,4-5H2,1H3,(H,16,17). The summed E-state index contributed by atoms with van der Waals surface area (Å²) >= 11 is 0. The lowest BCUT2D eigenvalue weighted by Crippen LogP contribution is -2.33. The quantitative estimate of drug-likeness (QED) is 0.836. The second-order valence-electron chi connectivity index (χ2n) is 4.26. The maximum atomic E-state index is 12.0. The molecule has 0 aliphatic carbocycles. The molecule has 1 aromatic carbocycles. The van der Waals surface area contributed by atoms with E-state index in [0.29, 0.717) is 5.69 Å². The van der Waals surface area contributed by atoms with Gasteiger partial charge in [-0.1, -0.05) is 17.7 Å². The van der Waals surface area contributed by atoms with Gasteiger partial charge in [0, 0.05) is 5.69 Å². The molecule has 0 spiro atoms. The van der Waals surface area contributed by atoms with Crippen LogP contribution in [0.4, 0.5) is 5.69 Å². The zero-order valence-electron chi connectivity index (χ0n) is 9.45. The molecule has 84 valence electrons. The first-order valence-electron chi connectivity index (χ1n) is 5.30. The van der Waals surface area contributed by atoms with Gasteiger partial charge in [0.05, 0.1) is 25.0 Å². The third-order valence-corrected chi connectivity index (χ3v) is 3.14. The number of nitrogens with one attached hydrogen (secondary N) is 1. The fraction of sp³-hybridized carbons (Fsp3) is 0.308. The molecular formula is C13H11N3O. The second-order valence-corrected chi connectivity index (χ2v) is 4.26. The summed E-state index contributed by atoms with van der Waals surface area (Å²) in [4.78, 5) is 12.0. The molecule has 0 unspecified atom stereocenters. The molecule has 1 aliphatic heterocycles. The van der Waals surface area contributed by atoms with Crippen LogP contribution >= 0.6 is 0 Å². The Morgan fingerprint density at radius 1 is 1.29 bits per heavy atom. The lowest BCUT2D eigenvalue weighted by Gasteiger charge is -2.21. The van der Waals surface area contributed by atoms with E-state index in [1.807, 2.05) is 37.3 Å². The maximum Gasteiger partial charge on any atom is 0.237 e. The van der Waals surface area contributed by atoms with E-state index in [9.17, 15) is 4.79 Å². The molecule has 4 heteroatoms. The molecule has 2 rings (SSSR count). The predicted molar refractivity (Wildman–Crippen MR) is 61.9 cm³/mol. The summed E-state index contributed by atoms with van der Waals surface area (Å²) in [6, 6.07) is 9.62. The van der Waals surface area contributed by atoms with Gasteiger partial charge in [0.1, 0.15) is 5.41 Å². The molecule has 17 heavy (non-hydrogen) atoms. The van der Waals surface area contributed by atoms with E-state index in [0.717, 1.165) is 11.1 Å². The first kappa shape index (κ1) is 11.2. The van der Waals surface area contributed by atoms with Crippen LogP contribution in [0.3, 0.4) is 0 Å². The zero-order valence-corrected chi connectivity index (χ0v) is 9.45. The van der Waals surface area contributed by atoms with Crippen LogP contribution in [0.1, 0.15) is 24.0 Å². The van der Waals surface area contributed by atoms with Crippen molar-refractivity contribution in [3.05, 3.63) is 29.3 Å². The van der Waals surface area contributed by atoms with Gasteiger partial charge in [-0.3, -0.25) is 4.79 Å². The Morgan fingerprint density at radius 3 is 2.53 bits per heavy atom. The van der Waals surface area contributed by atoms with Gasteiger partial charge in [-0.25, -0.2) is 0 Å². The number of carbonyl (C=O) groups excluding carboxylic acids is 1. The highest BCUT2D eigenvalue weighted by Gasteiger charge is 2.46. The molecule has 1 aromatic rings. The maximum absolute atomic E-state index is 12.0. The van der Waals surface area contributed by atoms with Crippen LogP contribution in [0.5, 0.6) is 0 Å². The van der Waals surface area contributed by atoms with Crippen molar-refractivity contribution in [1.29, 1.82) is 10.5 Å². The lowest BCUT2D eigenvalue weighted by atomic mass is 9.76.